The Balaban J connectivity index is -0.0000000950. The van der Waals surface area contributed by atoms with Crippen molar-refractivity contribution in [3.63, 3.8) is 0 Å². The molecule has 1 aromatic rings. The summed E-state index contributed by atoms with van der Waals surface area (Å²) in [4.78, 5) is 0. The van der Waals surface area contributed by atoms with Crippen LogP contribution < -0.4 is 0 Å². The van der Waals surface area contributed by atoms with Gasteiger partial charge in [0.2, 0.25) is 0 Å². The van der Waals surface area contributed by atoms with Gasteiger partial charge in [-0.2, -0.15) is 0 Å². The van der Waals surface area contributed by atoms with Crippen LogP contribution in [0.1, 0.15) is 5.56 Å². The van der Waals surface area contributed by atoms with Crippen LogP contribution in [0.2, 0.25) is 0 Å². The third kappa shape index (κ3) is 13.6. The SMILES string of the molecule is CN1CC=C(c2ccccc2)N1C.[C-]#[O+].[C-]#[O+].[C-]#[O+].[C-]#[O+].[C-]#[O+].[Cr]. The predicted molar refractivity (Wildman–Crippen MR) is 74.5 cm³/mol. The van der Waals surface area contributed by atoms with Gasteiger partial charge in [0, 0.05) is 38.0 Å². The second-order valence-corrected chi connectivity index (χ2v) is 3.32. The number of likely N-dealkylation sites (N-methyl/N-ethyl adjacent to an activating group) is 1. The van der Waals surface area contributed by atoms with E-state index in [-0.39, 0.29) is 17.4 Å². The summed E-state index contributed by atoms with van der Waals surface area (Å²) in [6.45, 7) is 23.5. The number of hydrazine groups is 1. The maximum absolute atomic E-state index is 7.50. The van der Waals surface area contributed by atoms with Gasteiger partial charge in [0.25, 0.3) is 0 Å². The summed E-state index contributed by atoms with van der Waals surface area (Å²) >= 11 is 0. The Morgan fingerprint density at radius 2 is 1.12 bits per heavy atom. The average Bonchev–Trinajstić information content (AvgIpc) is 3.03. The van der Waals surface area contributed by atoms with Crippen molar-refractivity contribution in [2.75, 3.05) is 20.6 Å². The van der Waals surface area contributed by atoms with Gasteiger partial charge < -0.3 is 5.01 Å². The number of benzene rings is 1. The molecule has 2 rings (SSSR count). The van der Waals surface area contributed by atoms with Crippen molar-refractivity contribution in [2.45, 2.75) is 0 Å². The first-order valence-electron chi connectivity index (χ1n) is 5.51. The largest absolute Gasteiger partial charge is 0 e. The fourth-order valence-electron chi connectivity index (χ4n) is 1.57. The molecule has 0 saturated carbocycles. The van der Waals surface area contributed by atoms with E-state index in [1.807, 2.05) is 6.07 Å². The molecular formula is C16H14CrN2O5. The van der Waals surface area contributed by atoms with Crippen LogP contribution in [0.15, 0.2) is 36.4 Å². The van der Waals surface area contributed by atoms with Crippen molar-refractivity contribution in [3.8, 4) is 0 Å². The van der Waals surface area contributed by atoms with Crippen molar-refractivity contribution in [1.29, 1.82) is 0 Å². The molecule has 0 fully saturated rings. The Kier molecular flexibility index (Phi) is 40.6. The smallest absolute Gasteiger partial charge is 0 e. The zero-order valence-corrected chi connectivity index (χ0v) is 14.3. The standard InChI is InChI=1S/C11H14N2.5CO.Cr/c1-12-9-8-11(13(12)2)10-6-4-3-5-7-10;5*1-2;/h3-8H,9H2,1-2H3;;;;;;. The first-order valence-corrected chi connectivity index (χ1v) is 5.51. The summed E-state index contributed by atoms with van der Waals surface area (Å²) in [5.74, 6) is 0. The first kappa shape index (κ1) is 33.5. The van der Waals surface area contributed by atoms with E-state index in [0.717, 1.165) is 6.54 Å². The van der Waals surface area contributed by atoms with Crippen LogP contribution in [0.5, 0.6) is 0 Å². The zero-order valence-electron chi connectivity index (χ0n) is 13.0. The minimum Gasteiger partial charge on any atom is 0 e. The minimum absolute atomic E-state index is 0. The fourth-order valence-corrected chi connectivity index (χ4v) is 1.57. The van der Waals surface area contributed by atoms with Gasteiger partial charge in [0.05, 0.1) is 5.70 Å². The van der Waals surface area contributed by atoms with E-state index < -0.39 is 0 Å². The van der Waals surface area contributed by atoms with Gasteiger partial charge in [-0.1, -0.05) is 30.3 Å². The molecule has 0 aromatic heterocycles. The molecule has 0 saturated heterocycles. The Morgan fingerprint density at radius 3 is 1.42 bits per heavy atom. The molecule has 0 atom stereocenters. The molecule has 0 aliphatic carbocycles. The molecular weight excluding hydrogens is 352 g/mol. The van der Waals surface area contributed by atoms with Gasteiger partial charge in [0.15, 0.2) is 0 Å². The Hall–Kier alpha value is -2.05. The van der Waals surface area contributed by atoms with E-state index in [9.17, 15) is 0 Å². The molecule has 24 heavy (non-hydrogen) atoms. The summed E-state index contributed by atoms with van der Waals surface area (Å²) in [6.07, 6.45) is 2.25. The molecule has 1 aromatic carbocycles. The van der Waals surface area contributed by atoms with E-state index in [1.54, 1.807) is 0 Å². The van der Waals surface area contributed by atoms with E-state index in [1.165, 1.54) is 11.3 Å². The fraction of sp³-hybridized carbons (Fsp3) is 0.188. The summed E-state index contributed by atoms with van der Waals surface area (Å²) in [5, 5.41) is 4.36. The van der Waals surface area contributed by atoms with Gasteiger partial charge in [-0.25, -0.2) is 5.01 Å². The Labute approximate surface area is 152 Å². The second kappa shape index (κ2) is 29.0. The van der Waals surface area contributed by atoms with Gasteiger partial charge in [-0.05, 0) is 11.6 Å². The van der Waals surface area contributed by atoms with Crippen LogP contribution in [0, 0.1) is 33.3 Å². The third-order valence-corrected chi connectivity index (χ3v) is 2.48. The van der Waals surface area contributed by atoms with Crippen molar-refractivity contribution in [1.82, 2.24) is 10.0 Å². The molecule has 0 N–H and O–H groups in total. The molecule has 0 spiro atoms. The molecule has 7 nitrogen and oxygen atoms in total. The molecule has 0 amide bonds. The average molecular weight is 366 g/mol. The van der Waals surface area contributed by atoms with Crippen LogP contribution in [-0.4, -0.2) is 30.7 Å². The minimum atomic E-state index is 0. The molecule has 0 bridgehead atoms. The summed E-state index contributed by atoms with van der Waals surface area (Å²) < 4.78 is 37.5. The van der Waals surface area contributed by atoms with Crippen molar-refractivity contribution in [2.24, 2.45) is 0 Å². The first-order chi connectivity index (χ1) is 11.3. The zero-order chi connectivity index (χ0) is 19.3. The third-order valence-electron chi connectivity index (χ3n) is 2.48. The van der Waals surface area contributed by atoms with E-state index in [2.05, 4.69) is 87.7 Å². The monoisotopic (exact) mass is 366 g/mol. The van der Waals surface area contributed by atoms with Crippen LogP contribution in [0.25, 0.3) is 5.70 Å². The summed E-state index contributed by atoms with van der Waals surface area (Å²) in [7, 11) is 4.18. The van der Waals surface area contributed by atoms with Crippen molar-refractivity contribution >= 4 is 5.70 Å². The molecule has 1 aliphatic rings. The quantitative estimate of drug-likeness (QED) is 0.556. The molecule has 1 heterocycles. The molecule has 0 unspecified atom stereocenters. The van der Waals surface area contributed by atoms with Crippen LogP contribution in [0.3, 0.4) is 0 Å². The molecule has 8 heteroatoms. The van der Waals surface area contributed by atoms with E-state index in [4.69, 9.17) is 23.3 Å². The molecule has 124 valence electrons. The topological polar surface area (TPSA) is 106 Å². The number of rotatable bonds is 1. The predicted octanol–water partition coefficient (Wildman–Crippen LogP) is 1.63. The van der Waals surface area contributed by atoms with Crippen LogP contribution in [0.4, 0.5) is 0 Å². The van der Waals surface area contributed by atoms with Gasteiger partial charge >= 0.3 is 56.5 Å². The Bertz CT molecular complexity index is 486. The van der Waals surface area contributed by atoms with Crippen LogP contribution >= 0.6 is 0 Å². The second-order valence-electron chi connectivity index (χ2n) is 3.32. The molecule has 0 radical (unpaired) electrons. The number of hydrogen-bond donors (Lipinski definition) is 0. The van der Waals surface area contributed by atoms with Crippen molar-refractivity contribution in [3.05, 3.63) is 75.2 Å². The maximum atomic E-state index is 7.50. The summed E-state index contributed by atoms with van der Waals surface area (Å²) in [6, 6.07) is 10.5. The molecule has 1 aliphatic heterocycles. The van der Waals surface area contributed by atoms with E-state index >= 15 is 0 Å². The Morgan fingerprint density at radius 1 is 0.750 bits per heavy atom. The van der Waals surface area contributed by atoms with Gasteiger partial charge in [0.1, 0.15) is 0 Å². The summed E-state index contributed by atoms with van der Waals surface area (Å²) in [5.41, 5.74) is 2.58. The number of nitrogens with zero attached hydrogens (tertiary/aromatic N) is 2. The normalized spacial score (nSPS) is 10.0. The van der Waals surface area contributed by atoms with Gasteiger partial charge in [-0.15, -0.1) is 0 Å². The van der Waals surface area contributed by atoms with Crippen molar-refractivity contribution < 1.29 is 40.6 Å². The maximum Gasteiger partial charge on any atom is 0 e. The van der Waals surface area contributed by atoms with E-state index in [0.29, 0.717) is 0 Å². The van der Waals surface area contributed by atoms with Gasteiger partial charge in [-0.3, -0.25) is 0 Å². The number of hydrogen-bond acceptors (Lipinski definition) is 2. The van der Waals surface area contributed by atoms with Crippen LogP contribution in [-0.2, 0) is 40.6 Å².